The second kappa shape index (κ2) is 12.3. The van der Waals surface area contributed by atoms with Gasteiger partial charge in [-0.2, -0.15) is 11.8 Å². The van der Waals surface area contributed by atoms with Gasteiger partial charge in [0.2, 0.25) is 0 Å². The number of thioether (sulfide) groups is 1. The Morgan fingerprint density at radius 2 is 1.96 bits per heavy atom. The molecule has 0 amide bonds. The molecule has 1 aromatic rings. The van der Waals surface area contributed by atoms with Gasteiger partial charge in [-0.25, -0.2) is 4.99 Å². The van der Waals surface area contributed by atoms with Crippen molar-refractivity contribution < 1.29 is 0 Å². The summed E-state index contributed by atoms with van der Waals surface area (Å²) in [5, 5.41) is 6.73. The van der Waals surface area contributed by atoms with Gasteiger partial charge < -0.3 is 15.5 Å². The van der Waals surface area contributed by atoms with E-state index in [1.54, 1.807) is 0 Å². The van der Waals surface area contributed by atoms with Gasteiger partial charge in [-0.3, -0.25) is 0 Å². The average Bonchev–Trinajstić information content (AvgIpc) is 2.52. The van der Waals surface area contributed by atoms with Crippen molar-refractivity contribution in [3.05, 3.63) is 35.4 Å². The van der Waals surface area contributed by atoms with Gasteiger partial charge in [0.05, 0.1) is 6.54 Å². The quantitative estimate of drug-likeness (QED) is 0.391. The van der Waals surface area contributed by atoms with Crippen molar-refractivity contribution >= 4 is 17.7 Å². The summed E-state index contributed by atoms with van der Waals surface area (Å²) >= 11 is 1.91. The molecule has 130 valence electrons. The molecule has 0 aromatic heterocycles. The number of aliphatic imine (C=N–C) groups is 1. The van der Waals surface area contributed by atoms with E-state index in [2.05, 4.69) is 67.1 Å². The Morgan fingerprint density at radius 3 is 2.65 bits per heavy atom. The lowest BCUT2D eigenvalue weighted by atomic mass is 10.1. The Kier molecular flexibility index (Phi) is 10.6. The van der Waals surface area contributed by atoms with Gasteiger partial charge in [-0.1, -0.05) is 24.3 Å². The largest absolute Gasteiger partial charge is 0.357 e. The number of benzene rings is 1. The maximum absolute atomic E-state index is 4.70. The smallest absolute Gasteiger partial charge is 0.191 e. The van der Waals surface area contributed by atoms with E-state index in [0.717, 1.165) is 25.6 Å². The van der Waals surface area contributed by atoms with Crippen LogP contribution in [0.3, 0.4) is 0 Å². The minimum absolute atomic E-state index is 0.710. The first-order valence-electron chi connectivity index (χ1n) is 8.39. The zero-order chi connectivity index (χ0) is 16.9. The van der Waals surface area contributed by atoms with Crippen molar-refractivity contribution in [2.24, 2.45) is 4.99 Å². The SMILES string of the molecule is CCNC(=NCc1cccc(CN(C)C)c1)NCCCCSC. The molecular formula is C18H32N4S. The van der Waals surface area contributed by atoms with Crippen LogP contribution in [0.5, 0.6) is 0 Å². The summed E-state index contributed by atoms with van der Waals surface area (Å²) in [6.07, 6.45) is 4.59. The maximum atomic E-state index is 4.70. The van der Waals surface area contributed by atoms with Crippen LogP contribution in [0.2, 0.25) is 0 Å². The van der Waals surface area contributed by atoms with E-state index in [1.807, 2.05) is 11.8 Å². The Labute approximate surface area is 146 Å². The molecule has 0 spiro atoms. The van der Waals surface area contributed by atoms with Crippen LogP contribution in [0.4, 0.5) is 0 Å². The zero-order valence-electron chi connectivity index (χ0n) is 15.1. The predicted octanol–water partition coefficient (Wildman–Crippen LogP) is 2.95. The van der Waals surface area contributed by atoms with Crippen molar-refractivity contribution in [2.45, 2.75) is 32.9 Å². The van der Waals surface area contributed by atoms with Crippen LogP contribution in [-0.4, -0.2) is 50.1 Å². The third-order valence-electron chi connectivity index (χ3n) is 3.32. The van der Waals surface area contributed by atoms with E-state index in [9.17, 15) is 0 Å². The highest BCUT2D eigenvalue weighted by Gasteiger charge is 2.00. The lowest BCUT2D eigenvalue weighted by molar-refractivity contribution is 0.402. The van der Waals surface area contributed by atoms with Gasteiger partial charge in [-0.15, -0.1) is 0 Å². The van der Waals surface area contributed by atoms with Crippen LogP contribution < -0.4 is 10.6 Å². The molecule has 0 saturated carbocycles. The van der Waals surface area contributed by atoms with Crippen LogP contribution >= 0.6 is 11.8 Å². The number of hydrogen-bond donors (Lipinski definition) is 2. The highest BCUT2D eigenvalue weighted by Crippen LogP contribution is 2.08. The van der Waals surface area contributed by atoms with Crippen LogP contribution in [0.15, 0.2) is 29.3 Å². The summed E-state index contributed by atoms with van der Waals surface area (Å²) in [5.74, 6) is 2.14. The number of nitrogens with one attached hydrogen (secondary N) is 2. The van der Waals surface area contributed by atoms with Gasteiger partial charge >= 0.3 is 0 Å². The molecule has 0 bridgehead atoms. The molecule has 0 unspecified atom stereocenters. The first kappa shape index (κ1) is 19.8. The molecule has 1 rings (SSSR count). The Balaban J connectivity index is 2.52. The minimum atomic E-state index is 0.710. The number of hydrogen-bond acceptors (Lipinski definition) is 3. The minimum Gasteiger partial charge on any atom is -0.357 e. The van der Waals surface area contributed by atoms with Crippen molar-refractivity contribution in [3.8, 4) is 0 Å². The number of unbranched alkanes of at least 4 members (excludes halogenated alkanes) is 1. The number of guanidine groups is 1. The fourth-order valence-electron chi connectivity index (χ4n) is 2.28. The first-order valence-corrected chi connectivity index (χ1v) is 9.78. The summed E-state index contributed by atoms with van der Waals surface area (Å²) < 4.78 is 0. The number of rotatable bonds is 10. The van der Waals surface area contributed by atoms with Gasteiger partial charge in [0.15, 0.2) is 5.96 Å². The second-order valence-corrected chi connectivity index (χ2v) is 6.87. The molecule has 0 fully saturated rings. The number of nitrogens with zero attached hydrogens (tertiary/aromatic N) is 2. The van der Waals surface area contributed by atoms with E-state index in [-0.39, 0.29) is 0 Å². The lowest BCUT2D eigenvalue weighted by Gasteiger charge is -2.12. The van der Waals surface area contributed by atoms with E-state index in [1.165, 1.54) is 29.7 Å². The van der Waals surface area contributed by atoms with E-state index >= 15 is 0 Å². The Hall–Kier alpha value is -1.20. The monoisotopic (exact) mass is 336 g/mol. The molecule has 0 aliphatic rings. The van der Waals surface area contributed by atoms with Gasteiger partial charge in [0.25, 0.3) is 0 Å². The van der Waals surface area contributed by atoms with Crippen molar-refractivity contribution in [1.82, 2.24) is 15.5 Å². The summed E-state index contributed by atoms with van der Waals surface area (Å²) in [6, 6.07) is 8.67. The van der Waals surface area contributed by atoms with Crippen molar-refractivity contribution in [2.75, 3.05) is 39.2 Å². The van der Waals surface area contributed by atoms with Gasteiger partial charge in [-0.05, 0) is 57.0 Å². The normalized spacial score (nSPS) is 11.8. The molecule has 1 aromatic carbocycles. The molecule has 0 radical (unpaired) electrons. The highest BCUT2D eigenvalue weighted by atomic mass is 32.2. The summed E-state index contributed by atoms with van der Waals surface area (Å²) in [5.41, 5.74) is 2.58. The van der Waals surface area contributed by atoms with Gasteiger partial charge in [0, 0.05) is 19.6 Å². The fourth-order valence-corrected chi connectivity index (χ4v) is 2.77. The lowest BCUT2D eigenvalue weighted by Crippen LogP contribution is -2.37. The Morgan fingerprint density at radius 1 is 1.17 bits per heavy atom. The van der Waals surface area contributed by atoms with Crippen molar-refractivity contribution in [3.63, 3.8) is 0 Å². The van der Waals surface area contributed by atoms with Crippen LogP contribution in [-0.2, 0) is 13.1 Å². The van der Waals surface area contributed by atoms with Crippen LogP contribution in [0.1, 0.15) is 30.9 Å². The molecule has 0 aliphatic carbocycles. The van der Waals surface area contributed by atoms with E-state index in [4.69, 9.17) is 4.99 Å². The highest BCUT2D eigenvalue weighted by molar-refractivity contribution is 7.98. The van der Waals surface area contributed by atoms with E-state index in [0.29, 0.717) is 6.54 Å². The predicted molar refractivity (Wildman–Crippen MR) is 104 cm³/mol. The molecule has 0 aliphatic heterocycles. The standard InChI is InChI=1S/C18H32N4S/c1-5-19-18(20-11-6-7-12-23-4)21-14-16-9-8-10-17(13-16)15-22(2)3/h8-10,13H,5-7,11-12,14-15H2,1-4H3,(H2,19,20,21). The second-order valence-electron chi connectivity index (χ2n) is 5.88. The molecule has 23 heavy (non-hydrogen) atoms. The topological polar surface area (TPSA) is 39.7 Å². The third kappa shape index (κ3) is 9.51. The molecule has 0 saturated heterocycles. The van der Waals surface area contributed by atoms with E-state index < -0.39 is 0 Å². The zero-order valence-corrected chi connectivity index (χ0v) is 15.9. The molecule has 4 nitrogen and oxygen atoms in total. The van der Waals surface area contributed by atoms with Crippen LogP contribution in [0.25, 0.3) is 0 Å². The fraction of sp³-hybridized carbons (Fsp3) is 0.611. The molecule has 0 heterocycles. The first-order chi connectivity index (χ1) is 11.2. The summed E-state index contributed by atoms with van der Waals surface area (Å²) in [6.45, 7) is 5.64. The molecule has 5 heteroatoms. The Bertz CT molecular complexity index is 460. The maximum Gasteiger partial charge on any atom is 0.191 e. The molecule has 0 atom stereocenters. The molecule has 2 N–H and O–H groups in total. The summed E-state index contributed by atoms with van der Waals surface area (Å²) in [7, 11) is 4.18. The average molecular weight is 337 g/mol. The summed E-state index contributed by atoms with van der Waals surface area (Å²) in [4.78, 5) is 6.88. The van der Waals surface area contributed by atoms with Crippen molar-refractivity contribution in [1.29, 1.82) is 0 Å². The third-order valence-corrected chi connectivity index (χ3v) is 4.02. The van der Waals surface area contributed by atoms with Gasteiger partial charge in [0.1, 0.15) is 0 Å². The molecular weight excluding hydrogens is 304 g/mol. The van der Waals surface area contributed by atoms with Crippen LogP contribution in [0, 0.1) is 0 Å².